The Morgan fingerprint density at radius 1 is 1.16 bits per heavy atom. The fourth-order valence-electron chi connectivity index (χ4n) is 2.58. The summed E-state index contributed by atoms with van der Waals surface area (Å²) in [6.45, 7) is 2.28. The normalized spacial score (nSPS) is 22.8. The van der Waals surface area contributed by atoms with Gasteiger partial charge in [-0.1, -0.05) is 6.92 Å². The van der Waals surface area contributed by atoms with Crippen molar-refractivity contribution in [1.29, 1.82) is 0 Å². The highest BCUT2D eigenvalue weighted by molar-refractivity contribution is 5.63. The molecule has 5 heteroatoms. The molecule has 0 spiro atoms. The van der Waals surface area contributed by atoms with Crippen LogP contribution in [0.2, 0.25) is 0 Å². The molecule has 1 aromatic carbocycles. The molecule has 0 bridgehead atoms. The maximum Gasteiger partial charge on any atom is 0.273 e. The summed E-state index contributed by atoms with van der Waals surface area (Å²) < 4.78 is 0. The van der Waals surface area contributed by atoms with Crippen molar-refractivity contribution >= 4 is 17.1 Å². The van der Waals surface area contributed by atoms with Crippen molar-refractivity contribution < 1.29 is 4.92 Å². The van der Waals surface area contributed by atoms with Crippen LogP contribution in [-0.2, 0) is 0 Å². The van der Waals surface area contributed by atoms with Gasteiger partial charge in [-0.3, -0.25) is 10.1 Å². The molecule has 104 valence electrons. The van der Waals surface area contributed by atoms with E-state index in [1.807, 2.05) is 6.07 Å². The maximum atomic E-state index is 10.9. The van der Waals surface area contributed by atoms with Gasteiger partial charge in [0.25, 0.3) is 5.69 Å². The predicted octanol–water partition coefficient (Wildman–Crippen LogP) is 3.63. The first-order valence-corrected chi connectivity index (χ1v) is 6.82. The second-order valence-electron chi connectivity index (χ2n) is 5.38. The Labute approximate surface area is 113 Å². The van der Waals surface area contributed by atoms with Crippen molar-refractivity contribution in [3.63, 3.8) is 0 Å². The van der Waals surface area contributed by atoms with Crippen molar-refractivity contribution in [1.82, 2.24) is 0 Å². The Hall–Kier alpha value is -1.78. The van der Waals surface area contributed by atoms with Crippen molar-refractivity contribution in [2.45, 2.75) is 38.6 Å². The van der Waals surface area contributed by atoms with Crippen LogP contribution in [0.25, 0.3) is 0 Å². The van der Waals surface area contributed by atoms with E-state index in [2.05, 4.69) is 17.6 Å². The molecule has 2 N–H and O–H groups in total. The molecule has 0 amide bonds. The number of rotatable bonds is 4. The molecule has 0 radical (unpaired) electrons. The SMILES string of the molecule is CNc1cc(NC2CCC(C)CC2)cc([N+](=O)[O-])c1. The van der Waals surface area contributed by atoms with Crippen molar-refractivity contribution in [2.75, 3.05) is 17.7 Å². The molecule has 0 heterocycles. The van der Waals surface area contributed by atoms with Crippen molar-refractivity contribution in [3.8, 4) is 0 Å². The fourth-order valence-corrected chi connectivity index (χ4v) is 2.58. The second-order valence-corrected chi connectivity index (χ2v) is 5.38. The maximum absolute atomic E-state index is 10.9. The fraction of sp³-hybridized carbons (Fsp3) is 0.571. The quantitative estimate of drug-likeness (QED) is 0.643. The van der Waals surface area contributed by atoms with Gasteiger partial charge in [-0.25, -0.2) is 0 Å². The molecule has 1 saturated carbocycles. The molecule has 19 heavy (non-hydrogen) atoms. The van der Waals surface area contributed by atoms with E-state index in [0.29, 0.717) is 6.04 Å². The Bertz CT molecular complexity index is 454. The van der Waals surface area contributed by atoms with Gasteiger partial charge in [-0.05, 0) is 37.7 Å². The average Bonchev–Trinajstić information content (AvgIpc) is 2.41. The lowest BCUT2D eigenvalue weighted by atomic mass is 9.87. The highest BCUT2D eigenvalue weighted by Gasteiger charge is 2.19. The summed E-state index contributed by atoms with van der Waals surface area (Å²) in [5.74, 6) is 0.802. The number of hydrogen-bond donors (Lipinski definition) is 2. The molecule has 1 fully saturated rings. The number of benzene rings is 1. The standard InChI is InChI=1S/C14H21N3O2/c1-10-3-5-11(6-4-10)16-13-7-12(15-2)8-14(9-13)17(18)19/h7-11,15-16H,3-6H2,1-2H3. The van der Waals surface area contributed by atoms with Crippen molar-refractivity contribution in [2.24, 2.45) is 5.92 Å². The summed E-state index contributed by atoms with van der Waals surface area (Å²) in [7, 11) is 1.77. The number of hydrogen-bond acceptors (Lipinski definition) is 4. The average molecular weight is 263 g/mol. The summed E-state index contributed by atoms with van der Waals surface area (Å²) in [4.78, 5) is 10.6. The predicted molar refractivity (Wildman–Crippen MR) is 77.7 cm³/mol. The van der Waals surface area contributed by atoms with Gasteiger partial charge in [0, 0.05) is 36.6 Å². The van der Waals surface area contributed by atoms with Gasteiger partial charge in [0.1, 0.15) is 0 Å². The zero-order chi connectivity index (χ0) is 13.8. The molecule has 1 aliphatic carbocycles. The largest absolute Gasteiger partial charge is 0.388 e. The third-order valence-corrected chi connectivity index (χ3v) is 3.80. The Morgan fingerprint density at radius 3 is 2.37 bits per heavy atom. The van der Waals surface area contributed by atoms with E-state index in [9.17, 15) is 10.1 Å². The molecular weight excluding hydrogens is 242 g/mol. The van der Waals surface area contributed by atoms with Gasteiger partial charge in [-0.15, -0.1) is 0 Å². The summed E-state index contributed by atoms with van der Waals surface area (Å²) in [6, 6.07) is 5.51. The van der Waals surface area contributed by atoms with E-state index in [-0.39, 0.29) is 10.6 Å². The number of nitrogens with one attached hydrogen (secondary N) is 2. The summed E-state index contributed by atoms with van der Waals surface area (Å²) in [6.07, 6.45) is 4.73. The number of nitro benzene ring substituents is 1. The van der Waals surface area contributed by atoms with Crippen LogP contribution in [-0.4, -0.2) is 18.0 Å². The Balaban J connectivity index is 2.10. The molecule has 2 rings (SSSR count). The van der Waals surface area contributed by atoms with Crippen LogP contribution >= 0.6 is 0 Å². The van der Waals surface area contributed by atoms with Crippen LogP contribution in [0, 0.1) is 16.0 Å². The van der Waals surface area contributed by atoms with Gasteiger partial charge in [0.2, 0.25) is 0 Å². The number of non-ortho nitro benzene ring substituents is 1. The van der Waals surface area contributed by atoms with E-state index in [4.69, 9.17) is 0 Å². The first kappa shape index (κ1) is 13.6. The van der Waals surface area contributed by atoms with Gasteiger partial charge < -0.3 is 10.6 Å². The molecule has 0 aliphatic heterocycles. The minimum Gasteiger partial charge on any atom is -0.388 e. The van der Waals surface area contributed by atoms with Crippen LogP contribution in [0.3, 0.4) is 0 Å². The third kappa shape index (κ3) is 3.59. The van der Waals surface area contributed by atoms with E-state index in [1.165, 1.54) is 12.8 Å². The van der Waals surface area contributed by atoms with Crippen LogP contribution in [0.4, 0.5) is 17.1 Å². The van der Waals surface area contributed by atoms with Gasteiger partial charge in [0.15, 0.2) is 0 Å². The first-order chi connectivity index (χ1) is 9.08. The minimum atomic E-state index is -0.352. The van der Waals surface area contributed by atoms with Crippen LogP contribution in [0.15, 0.2) is 18.2 Å². The van der Waals surface area contributed by atoms with E-state index in [0.717, 1.165) is 30.1 Å². The monoisotopic (exact) mass is 263 g/mol. The molecular formula is C14H21N3O2. The minimum absolute atomic E-state index is 0.124. The molecule has 0 saturated heterocycles. The molecule has 0 atom stereocenters. The number of anilines is 2. The van der Waals surface area contributed by atoms with Gasteiger partial charge >= 0.3 is 0 Å². The third-order valence-electron chi connectivity index (χ3n) is 3.80. The lowest BCUT2D eigenvalue weighted by Crippen LogP contribution is -2.25. The summed E-state index contributed by atoms with van der Waals surface area (Å²) in [5, 5.41) is 17.3. The highest BCUT2D eigenvalue weighted by atomic mass is 16.6. The van der Waals surface area contributed by atoms with E-state index >= 15 is 0 Å². The molecule has 5 nitrogen and oxygen atoms in total. The van der Waals surface area contributed by atoms with Gasteiger partial charge in [-0.2, -0.15) is 0 Å². The Kier molecular flexibility index (Phi) is 4.24. The molecule has 0 aromatic heterocycles. The lowest BCUT2D eigenvalue weighted by Gasteiger charge is -2.27. The number of nitrogens with zero attached hydrogens (tertiary/aromatic N) is 1. The lowest BCUT2D eigenvalue weighted by molar-refractivity contribution is -0.384. The topological polar surface area (TPSA) is 67.2 Å². The first-order valence-electron chi connectivity index (χ1n) is 6.82. The van der Waals surface area contributed by atoms with Crippen LogP contribution < -0.4 is 10.6 Å². The van der Waals surface area contributed by atoms with Gasteiger partial charge in [0.05, 0.1) is 4.92 Å². The van der Waals surface area contributed by atoms with Crippen molar-refractivity contribution in [3.05, 3.63) is 28.3 Å². The zero-order valence-corrected chi connectivity index (χ0v) is 11.5. The Morgan fingerprint density at radius 2 is 1.79 bits per heavy atom. The second kappa shape index (κ2) is 5.91. The molecule has 0 unspecified atom stereocenters. The van der Waals surface area contributed by atoms with E-state index in [1.54, 1.807) is 19.2 Å². The zero-order valence-electron chi connectivity index (χ0n) is 11.5. The molecule has 1 aliphatic rings. The van der Waals surface area contributed by atoms with Crippen LogP contribution in [0.1, 0.15) is 32.6 Å². The highest BCUT2D eigenvalue weighted by Crippen LogP contribution is 2.29. The summed E-state index contributed by atoms with van der Waals surface area (Å²) in [5.41, 5.74) is 1.72. The molecule has 1 aromatic rings. The summed E-state index contributed by atoms with van der Waals surface area (Å²) >= 11 is 0. The smallest absolute Gasteiger partial charge is 0.273 e. The number of nitro groups is 1. The van der Waals surface area contributed by atoms with Crippen LogP contribution in [0.5, 0.6) is 0 Å². The van der Waals surface area contributed by atoms with E-state index < -0.39 is 0 Å².